The Morgan fingerprint density at radius 1 is 0.750 bits per heavy atom. The summed E-state index contributed by atoms with van der Waals surface area (Å²) in [6, 6.07) is 11.4. The van der Waals surface area contributed by atoms with Crippen LogP contribution in [0.3, 0.4) is 0 Å². The van der Waals surface area contributed by atoms with E-state index in [2.05, 4.69) is 10.6 Å². The zero-order valence-electron chi connectivity index (χ0n) is 12.5. The maximum absolute atomic E-state index is 12.4. The molecule has 0 aliphatic carbocycles. The lowest BCUT2D eigenvalue weighted by Crippen LogP contribution is -2.20. The van der Waals surface area contributed by atoms with Gasteiger partial charge in [-0.05, 0) is 47.2 Å². The van der Waals surface area contributed by atoms with Crippen LogP contribution >= 0.6 is 22.7 Å². The number of thiophene rings is 2. The number of hydrogen-bond acceptors (Lipinski definition) is 3. The molecule has 0 saturated heterocycles. The van der Waals surface area contributed by atoms with E-state index in [1.165, 1.54) is 0 Å². The third-order valence-electron chi connectivity index (χ3n) is 3.46. The molecule has 0 aliphatic heterocycles. The minimum absolute atomic E-state index is 0.256. The molecule has 24 heavy (non-hydrogen) atoms. The highest BCUT2D eigenvalue weighted by atomic mass is 32.1. The molecule has 2 N–H and O–H groups in total. The summed E-state index contributed by atoms with van der Waals surface area (Å²) < 4.78 is 3.96. The SMILES string of the molecule is O=C(Nc1ccsc1-n1cccc1)Nc1ccsc1-n1cccc1. The second kappa shape index (κ2) is 6.38. The van der Waals surface area contributed by atoms with Crippen LogP contribution in [0.1, 0.15) is 0 Å². The monoisotopic (exact) mass is 354 g/mol. The van der Waals surface area contributed by atoms with Gasteiger partial charge in [-0.2, -0.15) is 0 Å². The molecule has 5 nitrogen and oxygen atoms in total. The van der Waals surface area contributed by atoms with E-state index in [0.29, 0.717) is 0 Å². The second-order valence-corrected chi connectivity index (χ2v) is 6.83. The van der Waals surface area contributed by atoms with Crippen LogP contribution in [0.2, 0.25) is 0 Å². The van der Waals surface area contributed by atoms with Crippen molar-refractivity contribution in [3.63, 3.8) is 0 Å². The molecule has 0 saturated carbocycles. The minimum atomic E-state index is -0.256. The van der Waals surface area contributed by atoms with E-state index in [4.69, 9.17) is 0 Å². The van der Waals surface area contributed by atoms with Gasteiger partial charge in [-0.25, -0.2) is 4.79 Å². The normalized spacial score (nSPS) is 10.7. The van der Waals surface area contributed by atoms with Crippen LogP contribution in [0, 0.1) is 0 Å². The first-order valence-electron chi connectivity index (χ1n) is 7.31. The number of nitrogens with zero attached hydrogens (tertiary/aromatic N) is 2. The molecule has 2 amide bonds. The van der Waals surface area contributed by atoms with Crippen molar-refractivity contribution in [2.24, 2.45) is 0 Å². The van der Waals surface area contributed by atoms with Crippen LogP contribution in [-0.4, -0.2) is 15.2 Å². The Labute approximate surface area is 146 Å². The molecule has 0 aliphatic rings. The third-order valence-corrected chi connectivity index (χ3v) is 5.32. The molecular weight excluding hydrogens is 340 g/mol. The quantitative estimate of drug-likeness (QED) is 0.530. The molecular formula is C17H14N4OS2. The van der Waals surface area contributed by atoms with Crippen molar-refractivity contribution >= 4 is 40.1 Å². The number of aromatic nitrogens is 2. The van der Waals surface area contributed by atoms with Crippen molar-refractivity contribution in [2.45, 2.75) is 0 Å². The average Bonchev–Trinajstić information content (AvgIpc) is 3.35. The maximum Gasteiger partial charge on any atom is 0.323 e. The van der Waals surface area contributed by atoms with Gasteiger partial charge in [-0.15, -0.1) is 22.7 Å². The van der Waals surface area contributed by atoms with Gasteiger partial charge >= 0.3 is 6.03 Å². The molecule has 0 radical (unpaired) electrons. The van der Waals surface area contributed by atoms with E-state index in [1.807, 2.05) is 81.1 Å². The Morgan fingerprint density at radius 2 is 1.17 bits per heavy atom. The lowest BCUT2D eigenvalue weighted by Gasteiger charge is -2.10. The Bertz CT molecular complexity index is 859. The number of urea groups is 1. The van der Waals surface area contributed by atoms with Gasteiger partial charge in [0.2, 0.25) is 0 Å². The fourth-order valence-corrected chi connectivity index (χ4v) is 4.05. The minimum Gasteiger partial charge on any atom is -0.314 e. The van der Waals surface area contributed by atoms with Gasteiger partial charge in [0.25, 0.3) is 0 Å². The molecule has 4 rings (SSSR count). The van der Waals surface area contributed by atoms with Crippen molar-refractivity contribution in [3.8, 4) is 10.0 Å². The summed E-state index contributed by atoms with van der Waals surface area (Å²) in [5, 5.41) is 11.7. The number of carbonyl (C=O) groups excluding carboxylic acids is 1. The van der Waals surface area contributed by atoms with Gasteiger partial charge in [0.15, 0.2) is 0 Å². The summed E-state index contributed by atoms with van der Waals surface area (Å²) in [4.78, 5) is 12.4. The van der Waals surface area contributed by atoms with E-state index in [1.54, 1.807) is 22.7 Å². The van der Waals surface area contributed by atoms with Crippen molar-refractivity contribution in [1.29, 1.82) is 0 Å². The molecule has 0 bridgehead atoms. The molecule has 0 fully saturated rings. The molecule has 7 heteroatoms. The zero-order valence-corrected chi connectivity index (χ0v) is 14.2. The number of hydrogen-bond donors (Lipinski definition) is 2. The van der Waals surface area contributed by atoms with Crippen molar-refractivity contribution in [2.75, 3.05) is 10.6 Å². The Morgan fingerprint density at radius 3 is 1.58 bits per heavy atom. The Kier molecular flexibility index (Phi) is 3.94. The lowest BCUT2D eigenvalue weighted by molar-refractivity contribution is 0.262. The maximum atomic E-state index is 12.4. The molecule has 4 aromatic heterocycles. The van der Waals surface area contributed by atoms with Crippen LogP contribution < -0.4 is 10.6 Å². The number of anilines is 2. The zero-order chi connectivity index (χ0) is 16.4. The predicted molar refractivity (Wildman–Crippen MR) is 99.9 cm³/mol. The topological polar surface area (TPSA) is 51.0 Å². The van der Waals surface area contributed by atoms with Crippen LogP contribution in [0.25, 0.3) is 10.0 Å². The average molecular weight is 354 g/mol. The summed E-state index contributed by atoms with van der Waals surface area (Å²) >= 11 is 3.15. The predicted octanol–water partition coefficient (Wildman–Crippen LogP) is 5.04. The first kappa shape index (κ1) is 14.8. The first-order chi connectivity index (χ1) is 11.8. The fourth-order valence-electron chi connectivity index (χ4n) is 2.41. The summed E-state index contributed by atoms with van der Waals surface area (Å²) in [6.07, 6.45) is 7.83. The smallest absolute Gasteiger partial charge is 0.314 e. The summed E-state index contributed by atoms with van der Waals surface area (Å²) in [6.45, 7) is 0. The fraction of sp³-hybridized carbons (Fsp3) is 0. The van der Waals surface area contributed by atoms with Gasteiger partial charge in [0, 0.05) is 24.8 Å². The molecule has 4 heterocycles. The van der Waals surface area contributed by atoms with Gasteiger partial charge in [0.1, 0.15) is 10.0 Å². The van der Waals surface area contributed by atoms with Gasteiger partial charge in [-0.3, -0.25) is 0 Å². The summed E-state index contributed by atoms with van der Waals surface area (Å²) in [5.41, 5.74) is 1.57. The molecule has 0 atom stereocenters. The molecule has 4 aromatic rings. The van der Waals surface area contributed by atoms with Gasteiger partial charge < -0.3 is 19.8 Å². The Hall–Kier alpha value is -2.77. The van der Waals surface area contributed by atoms with Crippen LogP contribution in [0.5, 0.6) is 0 Å². The number of nitrogens with one attached hydrogen (secondary N) is 2. The highest BCUT2D eigenvalue weighted by molar-refractivity contribution is 7.13. The third kappa shape index (κ3) is 2.86. The molecule has 0 unspecified atom stereocenters. The van der Waals surface area contributed by atoms with Gasteiger partial charge in [0.05, 0.1) is 11.4 Å². The number of rotatable bonds is 4. The lowest BCUT2D eigenvalue weighted by atomic mass is 10.4. The van der Waals surface area contributed by atoms with E-state index >= 15 is 0 Å². The van der Waals surface area contributed by atoms with Crippen LogP contribution in [0.4, 0.5) is 16.2 Å². The van der Waals surface area contributed by atoms with Crippen molar-refractivity contribution < 1.29 is 4.79 Å². The Balaban J connectivity index is 1.51. The standard InChI is InChI=1S/C17H14N4OS2/c22-17(18-13-5-11-23-15(13)20-7-1-2-8-20)19-14-6-12-24-16(14)21-9-3-4-10-21/h1-12H,(H2,18,19,22). The largest absolute Gasteiger partial charge is 0.323 e. The number of carbonyl (C=O) groups is 1. The molecule has 0 spiro atoms. The summed E-state index contributed by atoms with van der Waals surface area (Å²) in [7, 11) is 0. The second-order valence-electron chi connectivity index (χ2n) is 5.04. The van der Waals surface area contributed by atoms with E-state index < -0.39 is 0 Å². The first-order valence-corrected chi connectivity index (χ1v) is 9.07. The van der Waals surface area contributed by atoms with Crippen molar-refractivity contribution in [1.82, 2.24) is 9.13 Å². The van der Waals surface area contributed by atoms with Gasteiger partial charge in [-0.1, -0.05) is 0 Å². The molecule has 0 aromatic carbocycles. The van der Waals surface area contributed by atoms with Crippen molar-refractivity contribution in [3.05, 3.63) is 71.9 Å². The summed E-state index contributed by atoms with van der Waals surface area (Å²) in [5.74, 6) is 0. The van der Waals surface area contributed by atoms with Crippen LogP contribution in [0.15, 0.2) is 71.9 Å². The van der Waals surface area contributed by atoms with E-state index in [-0.39, 0.29) is 6.03 Å². The molecule has 120 valence electrons. The van der Waals surface area contributed by atoms with E-state index in [9.17, 15) is 4.79 Å². The highest BCUT2D eigenvalue weighted by Crippen LogP contribution is 2.29. The highest BCUT2D eigenvalue weighted by Gasteiger charge is 2.12. The van der Waals surface area contributed by atoms with E-state index in [0.717, 1.165) is 21.4 Å². The number of amides is 2. The van der Waals surface area contributed by atoms with Crippen LogP contribution in [-0.2, 0) is 0 Å².